The van der Waals surface area contributed by atoms with E-state index in [0.29, 0.717) is 16.9 Å². The molecule has 0 aliphatic carbocycles. The van der Waals surface area contributed by atoms with E-state index in [1.165, 1.54) is 4.90 Å². The fraction of sp³-hybridized carbons (Fsp3) is 0.375. The van der Waals surface area contributed by atoms with Crippen molar-refractivity contribution in [3.05, 3.63) is 48.0 Å². The number of carbonyl (C=O) groups excluding carboxylic acids is 3. The number of nitrogens with two attached hydrogens (primary N) is 1. The van der Waals surface area contributed by atoms with Gasteiger partial charge in [-0.25, -0.2) is 4.90 Å². The van der Waals surface area contributed by atoms with Gasteiger partial charge in [-0.2, -0.15) is 0 Å². The van der Waals surface area contributed by atoms with Gasteiger partial charge >= 0.3 is 0 Å². The number of fused-ring (bicyclic) bond motifs is 3. The molecule has 2 atom stereocenters. The number of nitrogen functional groups attached to an aromatic ring is 1. The molecule has 2 aromatic carbocycles. The summed E-state index contributed by atoms with van der Waals surface area (Å²) >= 11 is 0. The second-order valence-electron chi connectivity index (χ2n) is 9.09. The molecule has 1 unspecified atom stereocenters. The SMILES string of the molecule is CC1C(=O)N(C(=O)[C@H](C)NC(=O)CC(C)(C)C)c2cccc(N)c2-c2ccccc21. The summed E-state index contributed by atoms with van der Waals surface area (Å²) in [7, 11) is 0. The standard InChI is InChI=1S/C24H29N3O3/c1-14-16-9-6-7-10-17(16)21-18(25)11-8-12-19(21)27(22(14)29)23(30)15(2)26-20(28)13-24(3,4)5/h6-12,14-15H,13,25H2,1-5H3,(H,26,28)/t14?,15-/m0/s1. The quantitative estimate of drug-likeness (QED) is 0.756. The van der Waals surface area contributed by atoms with Gasteiger partial charge in [0.05, 0.1) is 11.6 Å². The van der Waals surface area contributed by atoms with Crippen molar-refractivity contribution in [2.24, 2.45) is 5.41 Å². The normalized spacial score (nSPS) is 16.9. The first kappa shape index (κ1) is 21.6. The highest BCUT2D eigenvalue weighted by atomic mass is 16.2. The van der Waals surface area contributed by atoms with E-state index in [1.54, 1.807) is 32.0 Å². The van der Waals surface area contributed by atoms with Crippen LogP contribution in [-0.2, 0) is 14.4 Å². The molecule has 3 rings (SSSR count). The number of hydrogen-bond acceptors (Lipinski definition) is 4. The minimum absolute atomic E-state index is 0.206. The van der Waals surface area contributed by atoms with Gasteiger partial charge in [0.15, 0.2) is 0 Å². The maximum atomic E-state index is 13.4. The van der Waals surface area contributed by atoms with E-state index >= 15 is 0 Å². The minimum atomic E-state index is -0.855. The molecule has 0 bridgehead atoms. The van der Waals surface area contributed by atoms with E-state index in [9.17, 15) is 14.4 Å². The van der Waals surface area contributed by atoms with Crippen LogP contribution in [0.5, 0.6) is 0 Å². The number of rotatable bonds is 3. The molecule has 158 valence electrons. The predicted molar refractivity (Wildman–Crippen MR) is 119 cm³/mol. The van der Waals surface area contributed by atoms with Gasteiger partial charge in [-0.15, -0.1) is 0 Å². The Bertz CT molecular complexity index is 1010. The Balaban J connectivity index is 2.03. The molecule has 0 fully saturated rings. The minimum Gasteiger partial charge on any atom is -0.398 e. The van der Waals surface area contributed by atoms with Gasteiger partial charge in [0, 0.05) is 17.7 Å². The van der Waals surface area contributed by atoms with Crippen LogP contribution in [0.4, 0.5) is 11.4 Å². The van der Waals surface area contributed by atoms with Gasteiger partial charge in [0.1, 0.15) is 6.04 Å². The van der Waals surface area contributed by atoms with E-state index in [2.05, 4.69) is 5.32 Å². The van der Waals surface area contributed by atoms with E-state index < -0.39 is 17.9 Å². The molecule has 30 heavy (non-hydrogen) atoms. The zero-order chi connectivity index (χ0) is 22.2. The monoisotopic (exact) mass is 407 g/mol. The van der Waals surface area contributed by atoms with Crippen LogP contribution in [0, 0.1) is 5.41 Å². The highest BCUT2D eigenvalue weighted by Gasteiger charge is 2.37. The van der Waals surface area contributed by atoms with Gasteiger partial charge in [-0.3, -0.25) is 14.4 Å². The van der Waals surface area contributed by atoms with E-state index in [-0.39, 0.29) is 23.7 Å². The lowest BCUT2D eigenvalue weighted by molar-refractivity contribution is -0.131. The molecular formula is C24H29N3O3. The van der Waals surface area contributed by atoms with Gasteiger partial charge in [0.25, 0.3) is 5.91 Å². The third-order valence-corrected chi connectivity index (χ3v) is 5.26. The molecule has 0 saturated carbocycles. The van der Waals surface area contributed by atoms with E-state index in [0.717, 1.165) is 11.1 Å². The molecular weight excluding hydrogens is 378 g/mol. The van der Waals surface area contributed by atoms with Gasteiger partial charge in [-0.05, 0) is 42.5 Å². The van der Waals surface area contributed by atoms with Crippen LogP contribution in [0.2, 0.25) is 0 Å². The fourth-order valence-corrected chi connectivity index (χ4v) is 3.84. The summed E-state index contributed by atoms with van der Waals surface area (Å²) in [5, 5.41) is 2.74. The largest absolute Gasteiger partial charge is 0.398 e. The number of nitrogens with one attached hydrogen (secondary N) is 1. The molecule has 6 nitrogen and oxygen atoms in total. The molecule has 1 aliphatic heterocycles. The fourth-order valence-electron chi connectivity index (χ4n) is 3.84. The first-order valence-corrected chi connectivity index (χ1v) is 10.2. The molecule has 3 N–H and O–H groups in total. The molecule has 3 amide bonds. The highest BCUT2D eigenvalue weighted by molar-refractivity contribution is 6.22. The summed E-state index contributed by atoms with van der Waals surface area (Å²) in [6.07, 6.45) is 0.282. The highest BCUT2D eigenvalue weighted by Crippen LogP contribution is 2.44. The number of amides is 3. The van der Waals surface area contributed by atoms with E-state index in [1.807, 2.05) is 45.0 Å². The number of imide groups is 1. The summed E-state index contributed by atoms with van der Waals surface area (Å²) in [5.74, 6) is -1.58. The van der Waals surface area contributed by atoms with Crippen molar-refractivity contribution >= 4 is 29.1 Å². The average Bonchev–Trinajstić information content (AvgIpc) is 2.74. The van der Waals surface area contributed by atoms with Crippen molar-refractivity contribution in [2.45, 2.75) is 53.0 Å². The maximum absolute atomic E-state index is 13.4. The van der Waals surface area contributed by atoms with Crippen LogP contribution < -0.4 is 16.0 Å². The number of carbonyl (C=O) groups is 3. The number of benzene rings is 2. The van der Waals surface area contributed by atoms with Gasteiger partial charge in [-0.1, -0.05) is 51.1 Å². The molecule has 0 radical (unpaired) electrons. The molecule has 0 spiro atoms. The zero-order valence-electron chi connectivity index (χ0n) is 18.2. The van der Waals surface area contributed by atoms with Crippen LogP contribution in [0.25, 0.3) is 11.1 Å². The summed E-state index contributed by atoms with van der Waals surface area (Å²) in [5.41, 5.74) is 9.33. The second kappa shape index (κ2) is 7.94. The Hall–Kier alpha value is -3.15. The Morgan fingerprint density at radius 1 is 1.13 bits per heavy atom. The van der Waals surface area contributed by atoms with Crippen LogP contribution in [0.3, 0.4) is 0 Å². The topological polar surface area (TPSA) is 92.5 Å². The lowest BCUT2D eigenvalue weighted by Crippen LogP contribution is -2.50. The van der Waals surface area contributed by atoms with Crippen LogP contribution in [0.1, 0.15) is 52.5 Å². The van der Waals surface area contributed by atoms with Crippen molar-refractivity contribution in [2.75, 3.05) is 10.6 Å². The number of anilines is 2. The predicted octanol–water partition coefficient (Wildman–Crippen LogP) is 3.85. The van der Waals surface area contributed by atoms with Crippen LogP contribution in [-0.4, -0.2) is 23.8 Å². The van der Waals surface area contributed by atoms with Gasteiger partial charge in [0.2, 0.25) is 11.8 Å². The van der Waals surface area contributed by atoms with E-state index in [4.69, 9.17) is 5.73 Å². The lowest BCUT2D eigenvalue weighted by atomic mass is 9.92. The molecule has 6 heteroatoms. The van der Waals surface area contributed by atoms with Crippen LogP contribution >= 0.6 is 0 Å². The van der Waals surface area contributed by atoms with Crippen molar-refractivity contribution in [3.8, 4) is 11.1 Å². The summed E-state index contributed by atoms with van der Waals surface area (Å²) in [6, 6.07) is 11.9. The Morgan fingerprint density at radius 3 is 2.47 bits per heavy atom. The first-order chi connectivity index (χ1) is 14.0. The van der Waals surface area contributed by atoms with Crippen molar-refractivity contribution in [3.63, 3.8) is 0 Å². The third-order valence-electron chi connectivity index (χ3n) is 5.26. The van der Waals surface area contributed by atoms with Crippen molar-refractivity contribution < 1.29 is 14.4 Å². The average molecular weight is 408 g/mol. The second-order valence-corrected chi connectivity index (χ2v) is 9.09. The number of nitrogens with zero attached hydrogens (tertiary/aromatic N) is 1. The van der Waals surface area contributed by atoms with Crippen molar-refractivity contribution in [1.82, 2.24) is 5.32 Å². The zero-order valence-corrected chi connectivity index (χ0v) is 18.2. The Kier molecular flexibility index (Phi) is 5.70. The Labute approximate surface area is 177 Å². The third kappa shape index (κ3) is 4.08. The first-order valence-electron chi connectivity index (χ1n) is 10.2. The Morgan fingerprint density at radius 2 is 1.80 bits per heavy atom. The molecule has 1 aliphatic rings. The summed E-state index contributed by atoms with van der Waals surface area (Å²) in [4.78, 5) is 40.3. The maximum Gasteiger partial charge on any atom is 0.256 e. The molecule has 0 aromatic heterocycles. The lowest BCUT2D eigenvalue weighted by Gasteiger charge is -2.27. The molecule has 2 aromatic rings. The van der Waals surface area contributed by atoms with Crippen molar-refractivity contribution in [1.29, 1.82) is 0 Å². The number of hydrogen-bond donors (Lipinski definition) is 2. The molecule has 0 saturated heterocycles. The summed E-state index contributed by atoms with van der Waals surface area (Å²) < 4.78 is 0. The summed E-state index contributed by atoms with van der Waals surface area (Å²) in [6.45, 7) is 9.25. The molecule has 1 heterocycles. The van der Waals surface area contributed by atoms with Crippen LogP contribution in [0.15, 0.2) is 42.5 Å². The smallest absolute Gasteiger partial charge is 0.256 e. The van der Waals surface area contributed by atoms with Gasteiger partial charge < -0.3 is 11.1 Å².